The summed E-state index contributed by atoms with van der Waals surface area (Å²) in [7, 11) is 0. The van der Waals surface area contributed by atoms with Crippen LogP contribution in [-0.4, -0.2) is 30.6 Å². The first-order valence-corrected chi connectivity index (χ1v) is 7.11. The van der Waals surface area contributed by atoms with Gasteiger partial charge in [0.2, 0.25) is 5.91 Å². The molecule has 1 fully saturated rings. The Kier molecular flexibility index (Phi) is 4.77. The molecule has 5 nitrogen and oxygen atoms in total. The third kappa shape index (κ3) is 3.93. The van der Waals surface area contributed by atoms with Crippen LogP contribution in [0.1, 0.15) is 26.7 Å². The minimum absolute atomic E-state index is 0.00279. The van der Waals surface area contributed by atoms with Gasteiger partial charge in [-0.2, -0.15) is 0 Å². The Morgan fingerprint density at radius 2 is 2.19 bits per heavy atom. The number of benzene rings is 1. The van der Waals surface area contributed by atoms with E-state index in [-0.39, 0.29) is 23.8 Å². The van der Waals surface area contributed by atoms with Gasteiger partial charge in [-0.05, 0) is 44.9 Å². The van der Waals surface area contributed by atoms with Crippen molar-refractivity contribution in [3.8, 4) is 0 Å². The van der Waals surface area contributed by atoms with Crippen LogP contribution in [0, 0.1) is 5.82 Å². The zero-order valence-electron chi connectivity index (χ0n) is 12.2. The maximum absolute atomic E-state index is 13.3. The Morgan fingerprint density at radius 1 is 1.43 bits per heavy atom. The van der Waals surface area contributed by atoms with Crippen molar-refractivity contribution >= 4 is 17.6 Å². The highest BCUT2D eigenvalue weighted by molar-refractivity contribution is 5.99. The van der Waals surface area contributed by atoms with Crippen LogP contribution < -0.4 is 15.5 Å². The molecular formula is C15H20FN3O2. The number of anilines is 1. The van der Waals surface area contributed by atoms with Gasteiger partial charge < -0.3 is 15.5 Å². The van der Waals surface area contributed by atoms with E-state index in [4.69, 9.17) is 0 Å². The van der Waals surface area contributed by atoms with E-state index in [0.717, 1.165) is 6.42 Å². The van der Waals surface area contributed by atoms with Gasteiger partial charge in [0.1, 0.15) is 11.9 Å². The Morgan fingerprint density at radius 3 is 2.86 bits per heavy atom. The quantitative estimate of drug-likeness (QED) is 0.895. The molecule has 0 unspecified atom stereocenters. The molecule has 1 aromatic rings. The Bertz CT molecular complexity index is 533. The van der Waals surface area contributed by atoms with Crippen molar-refractivity contribution < 1.29 is 14.0 Å². The lowest BCUT2D eigenvalue weighted by Crippen LogP contribution is -2.55. The number of carbonyl (C=O) groups excluding carboxylic acids is 2. The molecule has 21 heavy (non-hydrogen) atoms. The fraction of sp³-hybridized carbons (Fsp3) is 0.467. The van der Waals surface area contributed by atoms with Crippen molar-refractivity contribution in [1.29, 1.82) is 0 Å². The van der Waals surface area contributed by atoms with Gasteiger partial charge in [-0.15, -0.1) is 0 Å². The van der Waals surface area contributed by atoms with Crippen molar-refractivity contribution in [2.45, 2.75) is 38.8 Å². The molecule has 114 valence electrons. The van der Waals surface area contributed by atoms with Crippen LogP contribution in [0.4, 0.5) is 14.9 Å². The van der Waals surface area contributed by atoms with Crippen LogP contribution in [0.15, 0.2) is 24.3 Å². The molecule has 3 amide bonds. The summed E-state index contributed by atoms with van der Waals surface area (Å²) in [5.41, 5.74) is 0.524. The first-order chi connectivity index (χ1) is 9.97. The van der Waals surface area contributed by atoms with Gasteiger partial charge in [0.15, 0.2) is 0 Å². The highest BCUT2D eigenvalue weighted by Gasteiger charge is 2.30. The van der Waals surface area contributed by atoms with Gasteiger partial charge in [-0.25, -0.2) is 9.18 Å². The van der Waals surface area contributed by atoms with E-state index >= 15 is 0 Å². The van der Waals surface area contributed by atoms with E-state index in [1.165, 1.54) is 17.0 Å². The van der Waals surface area contributed by atoms with Crippen LogP contribution in [0.2, 0.25) is 0 Å². The molecule has 1 atom stereocenters. The van der Waals surface area contributed by atoms with E-state index in [1.807, 2.05) is 13.8 Å². The molecular weight excluding hydrogens is 273 g/mol. The second-order valence-electron chi connectivity index (χ2n) is 5.44. The van der Waals surface area contributed by atoms with Crippen molar-refractivity contribution in [2.24, 2.45) is 0 Å². The summed E-state index contributed by atoms with van der Waals surface area (Å²) in [6.07, 6.45) is 1.35. The molecule has 0 aromatic heterocycles. The summed E-state index contributed by atoms with van der Waals surface area (Å²) in [4.78, 5) is 25.7. The van der Waals surface area contributed by atoms with E-state index in [0.29, 0.717) is 18.7 Å². The van der Waals surface area contributed by atoms with Crippen molar-refractivity contribution in [3.05, 3.63) is 30.1 Å². The average molecular weight is 293 g/mol. The number of halogens is 1. The number of piperidine rings is 1. The molecule has 0 aliphatic carbocycles. The Labute approximate surface area is 123 Å². The first-order valence-electron chi connectivity index (χ1n) is 7.11. The van der Waals surface area contributed by atoms with Gasteiger partial charge in [0.05, 0.1) is 0 Å². The van der Waals surface area contributed by atoms with Gasteiger partial charge in [-0.3, -0.25) is 4.79 Å². The highest BCUT2D eigenvalue weighted by atomic mass is 19.1. The fourth-order valence-electron chi connectivity index (χ4n) is 2.37. The third-order valence-corrected chi connectivity index (χ3v) is 3.28. The SMILES string of the molecule is CC(C)NC(=O)N[C@H]1CCCN(c2cccc(F)c2)C1=O. The van der Waals surface area contributed by atoms with Crippen LogP contribution in [0.3, 0.4) is 0 Å². The number of amides is 3. The van der Waals surface area contributed by atoms with E-state index < -0.39 is 6.04 Å². The minimum Gasteiger partial charge on any atom is -0.336 e. The topological polar surface area (TPSA) is 61.4 Å². The predicted molar refractivity (Wildman–Crippen MR) is 78.6 cm³/mol. The maximum atomic E-state index is 13.3. The van der Waals surface area contributed by atoms with E-state index in [9.17, 15) is 14.0 Å². The molecule has 2 rings (SSSR count). The zero-order valence-corrected chi connectivity index (χ0v) is 12.2. The van der Waals surface area contributed by atoms with Crippen molar-refractivity contribution in [2.75, 3.05) is 11.4 Å². The number of rotatable bonds is 3. The van der Waals surface area contributed by atoms with Crippen LogP contribution in [0.5, 0.6) is 0 Å². The second kappa shape index (κ2) is 6.56. The van der Waals surface area contributed by atoms with Crippen molar-refractivity contribution in [3.63, 3.8) is 0 Å². The number of hydrogen-bond acceptors (Lipinski definition) is 2. The molecule has 6 heteroatoms. The lowest BCUT2D eigenvalue weighted by atomic mass is 10.0. The standard InChI is InChI=1S/C15H20FN3O2/c1-10(2)17-15(21)18-13-7-4-8-19(14(13)20)12-6-3-5-11(16)9-12/h3,5-6,9-10,13H,4,7-8H2,1-2H3,(H2,17,18,21)/t13-/m0/s1. The molecule has 1 aliphatic rings. The fourth-order valence-corrected chi connectivity index (χ4v) is 2.37. The smallest absolute Gasteiger partial charge is 0.315 e. The molecule has 0 spiro atoms. The number of carbonyl (C=O) groups is 2. The van der Waals surface area contributed by atoms with E-state index in [2.05, 4.69) is 10.6 Å². The normalized spacial score (nSPS) is 18.8. The molecule has 0 radical (unpaired) electrons. The molecule has 1 saturated heterocycles. The monoisotopic (exact) mass is 293 g/mol. The largest absolute Gasteiger partial charge is 0.336 e. The number of urea groups is 1. The number of nitrogens with one attached hydrogen (secondary N) is 2. The summed E-state index contributed by atoms with van der Waals surface area (Å²) in [6, 6.07) is 5.00. The molecule has 1 aromatic carbocycles. The van der Waals surface area contributed by atoms with Crippen LogP contribution >= 0.6 is 0 Å². The highest BCUT2D eigenvalue weighted by Crippen LogP contribution is 2.21. The van der Waals surface area contributed by atoms with Gasteiger partial charge in [0.25, 0.3) is 0 Å². The lowest BCUT2D eigenvalue weighted by molar-refractivity contribution is -0.121. The first kappa shape index (κ1) is 15.3. The van der Waals surface area contributed by atoms with E-state index in [1.54, 1.807) is 12.1 Å². The molecule has 1 heterocycles. The summed E-state index contributed by atoms with van der Waals surface area (Å²) in [5, 5.41) is 5.37. The van der Waals surface area contributed by atoms with Crippen LogP contribution in [-0.2, 0) is 4.79 Å². The van der Waals surface area contributed by atoms with Gasteiger partial charge in [-0.1, -0.05) is 6.07 Å². The molecule has 0 saturated carbocycles. The summed E-state index contributed by atoms with van der Waals surface area (Å²) in [5.74, 6) is -0.585. The Hall–Kier alpha value is -2.11. The predicted octanol–water partition coefficient (Wildman–Crippen LogP) is 2.03. The van der Waals surface area contributed by atoms with Crippen molar-refractivity contribution in [1.82, 2.24) is 10.6 Å². The Balaban J connectivity index is 2.06. The second-order valence-corrected chi connectivity index (χ2v) is 5.44. The summed E-state index contributed by atoms with van der Waals surface area (Å²) >= 11 is 0. The summed E-state index contributed by atoms with van der Waals surface area (Å²) < 4.78 is 13.3. The lowest BCUT2D eigenvalue weighted by Gasteiger charge is -2.32. The zero-order chi connectivity index (χ0) is 15.4. The average Bonchev–Trinajstić information content (AvgIpc) is 2.40. The minimum atomic E-state index is -0.569. The molecule has 1 aliphatic heterocycles. The van der Waals surface area contributed by atoms with Crippen LogP contribution in [0.25, 0.3) is 0 Å². The number of hydrogen-bond donors (Lipinski definition) is 2. The third-order valence-electron chi connectivity index (χ3n) is 3.28. The van der Waals surface area contributed by atoms with Gasteiger partial charge >= 0.3 is 6.03 Å². The van der Waals surface area contributed by atoms with Gasteiger partial charge in [0, 0.05) is 18.3 Å². The summed E-state index contributed by atoms with van der Waals surface area (Å²) in [6.45, 7) is 4.23. The number of nitrogens with zero attached hydrogens (tertiary/aromatic N) is 1. The maximum Gasteiger partial charge on any atom is 0.315 e. The molecule has 2 N–H and O–H groups in total. The molecule has 0 bridgehead atoms.